The van der Waals surface area contributed by atoms with Gasteiger partial charge in [0.1, 0.15) is 5.02 Å². The molecule has 0 atom stereocenters. The Balaban J connectivity index is 2.63. The number of hydrogen-bond donors (Lipinski definition) is 1. The summed E-state index contributed by atoms with van der Waals surface area (Å²) in [4.78, 5) is 0. The molecule has 0 saturated heterocycles. The molecule has 2 N–H and O–H groups in total. The normalized spacial score (nSPS) is 10.6. The predicted molar refractivity (Wildman–Crippen MR) is 60.8 cm³/mol. The summed E-state index contributed by atoms with van der Waals surface area (Å²) >= 11 is 5.99. The summed E-state index contributed by atoms with van der Waals surface area (Å²) in [5, 5.41) is 4.01. The van der Waals surface area contributed by atoms with Crippen LogP contribution in [-0.4, -0.2) is 5.16 Å². The summed E-state index contributed by atoms with van der Waals surface area (Å²) in [6.45, 7) is 4.00. The molecule has 1 aromatic heterocycles. The van der Waals surface area contributed by atoms with Gasteiger partial charge in [0.2, 0.25) is 0 Å². The number of anilines is 1. The molecule has 3 nitrogen and oxygen atoms in total. The van der Waals surface area contributed by atoms with Crippen LogP contribution in [-0.2, 0) is 0 Å². The summed E-state index contributed by atoms with van der Waals surface area (Å²) < 4.78 is 5.11. The van der Waals surface area contributed by atoms with Crippen molar-refractivity contribution in [3.63, 3.8) is 0 Å². The second-order valence-corrected chi connectivity index (χ2v) is 3.91. The van der Waals surface area contributed by atoms with E-state index in [1.807, 2.05) is 32.0 Å². The first-order valence-corrected chi connectivity index (χ1v) is 4.95. The number of benzene rings is 1. The van der Waals surface area contributed by atoms with Gasteiger partial charge in [0.15, 0.2) is 11.6 Å². The van der Waals surface area contributed by atoms with E-state index in [1.54, 1.807) is 0 Å². The summed E-state index contributed by atoms with van der Waals surface area (Å²) in [5.74, 6) is 0.767. The highest BCUT2D eigenvalue weighted by Crippen LogP contribution is 2.34. The summed E-state index contributed by atoms with van der Waals surface area (Å²) in [7, 11) is 0. The average Bonchev–Trinajstić information content (AvgIpc) is 2.52. The number of halogens is 1. The minimum absolute atomic E-state index is 0.229. The fraction of sp³-hybridized carbons (Fsp3) is 0.182. The largest absolute Gasteiger partial charge is 0.380 e. The molecule has 0 fully saturated rings. The molecule has 0 amide bonds. The molecule has 2 aromatic rings. The van der Waals surface area contributed by atoms with Crippen molar-refractivity contribution in [2.24, 2.45) is 0 Å². The van der Waals surface area contributed by atoms with E-state index in [9.17, 15) is 0 Å². The van der Waals surface area contributed by atoms with Crippen molar-refractivity contribution >= 4 is 17.4 Å². The standard InChI is InChI=1S/C11H11ClN2O/c1-6-3-4-7(2)8(5-6)10-9(12)11(13)14-15-10/h3-5H,1-2H3,(H2,13,14). The third-order valence-corrected chi connectivity index (χ3v) is 2.66. The van der Waals surface area contributed by atoms with Gasteiger partial charge in [-0.05, 0) is 25.5 Å². The van der Waals surface area contributed by atoms with Crippen LogP contribution in [0.4, 0.5) is 5.82 Å². The zero-order chi connectivity index (χ0) is 11.0. The van der Waals surface area contributed by atoms with Crippen LogP contribution in [0.15, 0.2) is 22.7 Å². The molecule has 1 heterocycles. The molecule has 0 spiro atoms. The molecule has 0 aliphatic rings. The SMILES string of the molecule is Cc1ccc(C)c(-c2onc(N)c2Cl)c1. The van der Waals surface area contributed by atoms with Gasteiger partial charge < -0.3 is 10.3 Å². The zero-order valence-electron chi connectivity index (χ0n) is 8.54. The summed E-state index contributed by atoms with van der Waals surface area (Å²) in [6.07, 6.45) is 0. The topological polar surface area (TPSA) is 52.0 Å². The lowest BCUT2D eigenvalue weighted by molar-refractivity contribution is 0.435. The van der Waals surface area contributed by atoms with E-state index in [2.05, 4.69) is 5.16 Å². The maximum absolute atomic E-state index is 5.99. The lowest BCUT2D eigenvalue weighted by Gasteiger charge is -2.03. The van der Waals surface area contributed by atoms with Crippen LogP contribution in [0.5, 0.6) is 0 Å². The van der Waals surface area contributed by atoms with Gasteiger partial charge in [-0.3, -0.25) is 0 Å². The lowest BCUT2D eigenvalue weighted by atomic mass is 10.0. The quantitative estimate of drug-likeness (QED) is 0.806. The van der Waals surface area contributed by atoms with Crippen LogP contribution in [0.25, 0.3) is 11.3 Å². The maximum Gasteiger partial charge on any atom is 0.187 e. The van der Waals surface area contributed by atoms with E-state index in [0.717, 1.165) is 16.7 Å². The molecule has 0 aliphatic carbocycles. The first kappa shape index (κ1) is 10.1. The number of nitrogens with zero attached hydrogens (tertiary/aromatic N) is 1. The maximum atomic E-state index is 5.99. The molecule has 0 saturated carbocycles. The first-order valence-electron chi connectivity index (χ1n) is 4.58. The highest BCUT2D eigenvalue weighted by atomic mass is 35.5. The summed E-state index contributed by atoms with van der Waals surface area (Å²) in [5.41, 5.74) is 8.69. The van der Waals surface area contributed by atoms with Crippen molar-refractivity contribution in [1.29, 1.82) is 0 Å². The van der Waals surface area contributed by atoms with Gasteiger partial charge in [0.05, 0.1) is 0 Å². The van der Waals surface area contributed by atoms with Gasteiger partial charge in [-0.1, -0.05) is 34.5 Å². The average molecular weight is 223 g/mol. The van der Waals surface area contributed by atoms with Gasteiger partial charge in [0.25, 0.3) is 0 Å². The van der Waals surface area contributed by atoms with Crippen LogP contribution in [0, 0.1) is 13.8 Å². The zero-order valence-corrected chi connectivity index (χ0v) is 9.30. The molecule has 15 heavy (non-hydrogen) atoms. The Kier molecular flexibility index (Phi) is 2.40. The molecule has 0 aliphatic heterocycles. The third kappa shape index (κ3) is 1.70. The van der Waals surface area contributed by atoms with Gasteiger partial charge in [-0.2, -0.15) is 0 Å². The Bertz CT molecular complexity index is 505. The van der Waals surface area contributed by atoms with E-state index < -0.39 is 0 Å². The second kappa shape index (κ2) is 3.59. The Morgan fingerprint density at radius 2 is 2.07 bits per heavy atom. The van der Waals surface area contributed by atoms with E-state index in [0.29, 0.717) is 10.8 Å². The van der Waals surface area contributed by atoms with Crippen LogP contribution < -0.4 is 5.73 Å². The van der Waals surface area contributed by atoms with Crippen molar-refractivity contribution in [2.75, 3.05) is 5.73 Å². The van der Waals surface area contributed by atoms with Crippen LogP contribution in [0.3, 0.4) is 0 Å². The molecule has 4 heteroatoms. The number of aryl methyl sites for hydroxylation is 2. The van der Waals surface area contributed by atoms with Crippen LogP contribution in [0.2, 0.25) is 5.02 Å². The van der Waals surface area contributed by atoms with E-state index in [-0.39, 0.29) is 5.82 Å². The van der Waals surface area contributed by atoms with E-state index in [4.69, 9.17) is 21.9 Å². The van der Waals surface area contributed by atoms with Gasteiger partial charge in [-0.25, -0.2) is 0 Å². The summed E-state index contributed by atoms with van der Waals surface area (Å²) in [6, 6.07) is 6.05. The molecule has 2 rings (SSSR count). The Labute approximate surface area is 92.8 Å². The number of aromatic nitrogens is 1. The van der Waals surface area contributed by atoms with Crippen molar-refractivity contribution in [3.05, 3.63) is 34.3 Å². The fourth-order valence-corrected chi connectivity index (χ4v) is 1.61. The highest BCUT2D eigenvalue weighted by molar-refractivity contribution is 6.35. The van der Waals surface area contributed by atoms with Crippen molar-refractivity contribution in [3.8, 4) is 11.3 Å². The molecular weight excluding hydrogens is 212 g/mol. The lowest BCUT2D eigenvalue weighted by Crippen LogP contribution is -1.85. The Morgan fingerprint density at radius 3 is 2.67 bits per heavy atom. The molecule has 0 unspecified atom stereocenters. The van der Waals surface area contributed by atoms with Crippen LogP contribution >= 0.6 is 11.6 Å². The predicted octanol–water partition coefficient (Wildman–Crippen LogP) is 3.19. The first-order chi connectivity index (χ1) is 7.09. The minimum Gasteiger partial charge on any atom is -0.380 e. The highest BCUT2D eigenvalue weighted by Gasteiger charge is 2.15. The third-order valence-electron chi connectivity index (χ3n) is 2.30. The van der Waals surface area contributed by atoms with Gasteiger partial charge >= 0.3 is 0 Å². The number of hydrogen-bond acceptors (Lipinski definition) is 3. The molecule has 1 aromatic carbocycles. The molecular formula is C11H11ClN2O. The van der Waals surface area contributed by atoms with Crippen molar-refractivity contribution < 1.29 is 4.52 Å². The van der Waals surface area contributed by atoms with Crippen molar-refractivity contribution in [1.82, 2.24) is 5.16 Å². The monoisotopic (exact) mass is 222 g/mol. The Hall–Kier alpha value is -1.48. The van der Waals surface area contributed by atoms with Crippen molar-refractivity contribution in [2.45, 2.75) is 13.8 Å². The number of nitrogens with two attached hydrogens (primary N) is 1. The van der Waals surface area contributed by atoms with Gasteiger partial charge in [-0.15, -0.1) is 0 Å². The van der Waals surface area contributed by atoms with Gasteiger partial charge in [0, 0.05) is 5.56 Å². The van der Waals surface area contributed by atoms with E-state index >= 15 is 0 Å². The molecule has 0 radical (unpaired) electrons. The minimum atomic E-state index is 0.229. The Morgan fingerprint density at radius 1 is 1.33 bits per heavy atom. The smallest absolute Gasteiger partial charge is 0.187 e. The van der Waals surface area contributed by atoms with E-state index in [1.165, 1.54) is 0 Å². The number of rotatable bonds is 1. The fourth-order valence-electron chi connectivity index (χ4n) is 1.44. The number of nitrogen functional groups attached to an aromatic ring is 1. The van der Waals surface area contributed by atoms with Crippen LogP contribution in [0.1, 0.15) is 11.1 Å². The molecule has 78 valence electrons. The molecule has 0 bridgehead atoms. The second-order valence-electron chi connectivity index (χ2n) is 3.53.